The summed E-state index contributed by atoms with van der Waals surface area (Å²) in [6.07, 6.45) is 0.849. The van der Waals surface area contributed by atoms with Crippen LogP contribution in [-0.2, 0) is 4.79 Å². The molecule has 1 rings (SSSR count). The van der Waals surface area contributed by atoms with Crippen molar-refractivity contribution in [1.29, 1.82) is 0 Å². The summed E-state index contributed by atoms with van der Waals surface area (Å²) in [4.78, 5) is 15.3. The summed E-state index contributed by atoms with van der Waals surface area (Å²) in [5.41, 5.74) is 6.83. The highest BCUT2D eigenvalue weighted by molar-refractivity contribution is 5.83. The van der Waals surface area contributed by atoms with E-state index in [1.54, 1.807) is 27.1 Å². The molecule has 0 fully saturated rings. The summed E-state index contributed by atoms with van der Waals surface area (Å²) in [7, 11) is 3.40. The molecule has 1 amide bonds. The normalized spacial score (nSPS) is 10.3. The van der Waals surface area contributed by atoms with Crippen molar-refractivity contribution in [3.63, 3.8) is 0 Å². The quantitative estimate of drug-likeness (QED) is 0.783. The summed E-state index contributed by atoms with van der Waals surface area (Å²) in [5, 5.41) is 0. The van der Waals surface area contributed by atoms with Crippen LogP contribution in [0.5, 0.6) is 5.75 Å². The van der Waals surface area contributed by atoms with E-state index in [-0.39, 0.29) is 18.2 Å². The van der Waals surface area contributed by atoms with E-state index >= 15 is 0 Å². The second-order valence-corrected chi connectivity index (χ2v) is 4.98. The lowest BCUT2D eigenvalue weighted by Gasteiger charge is -2.27. The van der Waals surface area contributed by atoms with E-state index in [1.807, 2.05) is 11.8 Å². The molecule has 0 aromatic heterocycles. The fourth-order valence-electron chi connectivity index (χ4n) is 1.96. The van der Waals surface area contributed by atoms with Gasteiger partial charge in [0, 0.05) is 32.8 Å². The van der Waals surface area contributed by atoms with Gasteiger partial charge < -0.3 is 20.3 Å². The predicted molar refractivity (Wildman–Crippen MR) is 83.2 cm³/mol. The Morgan fingerprint density at radius 3 is 2.52 bits per heavy atom. The lowest BCUT2D eigenvalue weighted by Crippen LogP contribution is -2.37. The Hall–Kier alpha value is -1.98. The van der Waals surface area contributed by atoms with Crippen LogP contribution in [0.4, 0.5) is 15.8 Å². The Kier molecular flexibility index (Phi) is 6.27. The minimum Gasteiger partial charge on any atom is -0.491 e. The van der Waals surface area contributed by atoms with Gasteiger partial charge in [-0.2, -0.15) is 0 Å². The highest BCUT2D eigenvalue weighted by Crippen LogP contribution is 2.31. The molecule has 5 nitrogen and oxygen atoms in total. The highest BCUT2D eigenvalue weighted by atomic mass is 19.1. The van der Waals surface area contributed by atoms with Crippen LogP contribution in [0.2, 0.25) is 0 Å². The van der Waals surface area contributed by atoms with Gasteiger partial charge in [0.2, 0.25) is 5.91 Å². The number of nitrogen functional groups attached to an aromatic ring is 1. The Morgan fingerprint density at radius 1 is 1.33 bits per heavy atom. The topological polar surface area (TPSA) is 58.8 Å². The van der Waals surface area contributed by atoms with E-state index in [0.29, 0.717) is 24.5 Å². The molecule has 0 radical (unpaired) electrons. The monoisotopic (exact) mass is 297 g/mol. The Balaban J connectivity index is 3.11. The maximum atomic E-state index is 13.8. The summed E-state index contributed by atoms with van der Waals surface area (Å²) in [6, 6.07) is 2.80. The molecule has 0 heterocycles. The van der Waals surface area contributed by atoms with Crippen molar-refractivity contribution in [2.45, 2.75) is 20.3 Å². The molecule has 21 heavy (non-hydrogen) atoms. The second kappa shape index (κ2) is 7.71. The van der Waals surface area contributed by atoms with Gasteiger partial charge in [0.25, 0.3) is 0 Å². The van der Waals surface area contributed by atoms with Gasteiger partial charge in [-0.3, -0.25) is 4.79 Å². The van der Waals surface area contributed by atoms with Gasteiger partial charge in [0.1, 0.15) is 0 Å². The molecule has 1 aromatic rings. The lowest BCUT2D eigenvalue weighted by molar-refractivity contribution is -0.127. The van der Waals surface area contributed by atoms with E-state index in [9.17, 15) is 9.18 Å². The first-order valence-electron chi connectivity index (χ1n) is 7.07. The molecule has 0 atom stereocenters. The molecular formula is C15H24FN3O2. The van der Waals surface area contributed by atoms with Gasteiger partial charge in [0.05, 0.1) is 24.5 Å². The summed E-state index contributed by atoms with van der Waals surface area (Å²) in [6.45, 7) is 5.01. The SMILES string of the molecule is CCCN(CC(=O)N(C)C)c1cc(OCC)c(F)cc1N. The van der Waals surface area contributed by atoms with Crippen LogP contribution >= 0.6 is 0 Å². The molecule has 0 aliphatic carbocycles. The molecule has 0 aliphatic rings. The average Bonchev–Trinajstić information content (AvgIpc) is 2.41. The van der Waals surface area contributed by atoms with Gasteiger partial charge in [0.15, 0.2) is 11.6 Å². The summed E-state index contributed by atoms with van der Waals surface area (Å²) < 4.78 is 19.0. The number of carbonyl (C=O) groups excluding carboxylic acids is 1. The standard InChI is InChI=1S/C15H24FN3O2/c1-5-7-19(10-15(20)18(3)4)13-9-14(21-6-2)11(16)8-12(13)17/h8-9H,5-7,10,17H2,1-4H3. The first-order valence-corrected chi connectivity index (χ1v) is 7.07. The zero-order valence-electron chi connectivity index (χ0n) is 13.1. The number of ether oxygens (including phenoxy) is 1. The van der Waals surface area contributed by atoms with Crippen LogP contribution in [0.3, 0.4) is 0 Å². The Bertz CT molecular complexity index is 492. The van der Waals surface area contributed by atoms with E-state index in [4.69, 9.17) is 10.5 Å². The summed E-state index contributed by atoms with van der Waals surface area (Å²) in [5.74, 6) is -0.376. The molecule has 0 saturated carbocycles. The molecule has 118 valence electrons. The van der Waals surface area contributed by atoms with Gasteiger partial charge in [-0.15, -0.1) is 0 Å². The van der Waals surface area contributed by atoms with Crippen molar-refractivity contribution in [1.82, 2.24) is 4.90 Å². The zero-order chi connectivity index (χ0) is 16.0. The number of amides is 1. The molecule has 2 N–H and O–H groups in total. The number of likely N-dealkylation sites (N-methyl/N-ethyl adjacent to an activating group) is 1. The summed E-state index contributed by atoms with van der Waals surface area (Å²) >= 11 is 0. The maximum absolute atomic E-state index is 13.8. The number of halogens is 1. The van der Waals surface area contributed by atoms with E-state index in [0.717, 1.165) is 6.42 Å². The fraction of sp³-hybridized carbons (Fsp3) is 0.533. The van der Waals surface area contributed by atoms with Crippen molar-refractivity contribution >= 4 is 17.3 Å². The number of nitrogens with zero attached hydrogens (tertiary/aromatic N) is 2. The number of rotatable bonds is 7. The fourth-order valence-corrected chi connectivity index (χ4v) is 1.96. The zero-order valence-corrected chi connectivity index (χ0v) is 13.1. The smallest absolute Gasteiger partial charge is 0.241 e. The van der Waals surface area contributed by atoms with Crippen LogP contribution in [0.25, 0.3) is 0 Å². The third kappa shape index (κ3) is 4.51. The predicted octanol–water partition coefficient (Wildman–Crippen LogP) is 2.11. The molecule has 0 spiro atoms. The van der Waals surface area contributed by atoms with E-state index < -0.39 is 5.82 Å². The van der Waals surface area contributed by atoms with Gasteiger partial charge >= 0.3 is 0 Å². The van der Waals surface area contributed by atoms with Gasteiger partial charge in [-0.25, -0.2) is 4.39 Å². The van der Waals surface area contributed by atoms with Crippen LogP contribution in [0.15, 0.2) is 12.1 Å². The molecule has 0 aliphatic heterocycles. The van der Waals surface area contributed by atoms with Crippen LogP contribution in [-0.4, -0.2) is 44.6 Å². The molecular weight excluding hydrogens is 273 g/mol. The lowest BCUT2D eigenvalue weighted by atomic mass is 10.2. The van der Waals surface area contributed by atoms with Crippen LogP contribution in [0, 0.1) is 5.82 Å². The van der Waals surface area contributed by atoms with E-state index in [1.165, 1.54) is 11.0 Å². The van der Waals surface area contributed by atoms with Crippen molar-refractivity contribution in [3.8, 4) is 5.75 Å². The van der Waals surface area contributed by atoms with Gasteiger partial charge in [-0.1, -0.05) is 6.92 Å². The van der Waals surface area contributed by atoms with Gasteiger partial charge in [-0.05, 0) is 13.3 Å². The van der Waals surface area contributed by atoms with Crippen molar-refractivity contribution in [2.75, 3.05) is 44.4 Å². The number of carbonyl (C=O) groups is 1. The largest absolute Gasteiger partial charge is 0.491 e. The number of benzene rings is 1. The molecule has 0 unspecified atom stereocenters. The van der Waals surface area contributed by atoms with Crippen molar-refractivity contribution in [3.05, 3.63) is 17.9 Å². The Labute approximate surface area is 125 Å². The minimum absolute atomic E-state index is 0.0369. The third-order valence-electron chi connectivity index (χ3n) is 3.04. The van der Waals surface area contributed by atoms with Crippen molar-refractivity contribution in [2.24, 2.45) is 0 Å². The highest BCUT2D eigenvalue weighted by Gasteiger charge is 2.17. The Morgan fingerprint density at radius 2 is 2.00 bits per heavy atom. The number of hydrogen-bond donors (Lipinski definition) is 1. The van der Waals surface area contributed by atoms with Crippen molar-refractivity contribution < 1.29 is 13.9 Å². The van der Waals surface area contributed by atoms with E-state index in [2.05, 4.69) is 0 Å². The molecule has 0 saturated heterocycles. The number of nitrogens with two attached hydrogens (primary N) is 1. The first-order chi connectivity index (χ1) is 9.90. The molecule has 1 aromatic carbocycles. The first kappa shape index (κ1) is 17.1. The maximum Gasteiger partial charge on any atom is 0.241 e. The number of anilines is 2. The average molecular weight is 297 g/mol. The second-order valence-electron chi connectivity index (χ2n) is 4.98. The van der Waals surface area contributed by atoms with Crippen LogP contribution < -0.4 is 15.4 Å². The minimum atomic E-state index is -0.492. The number of hydrogen-bond acceptors (Lipinski definition) is 4. The third-order valence-corrected chi connectivity index (χ3v) is 3.04. The molecule has 0 bridgehead atoms. The van der Waals surface area contributed by atoms with Crippen LogP contribution in [0.1, 0.15) is 20.3 Å². The molecule has 6 heteroatoms.